The second-order valence-corrected chi connectivity index (χ2v) is 11.3. The number of fused-ring (bicyclic) bond motifs is 1. The number of nitrogens with one attached hydrogen (secondary N) is 2. The number of methoxy groups -OCH3 is 1. The predicted octanol–water partition coefficient (Wildman–Crippen LogP) is 8.23. The summed E-state index contributed by atoms with van der Waals surface area (Å²) in [5, 5.41) is 7.26. The van der Waals surface area contributed by atoms with Crippen LogP contribution in [0.5, 0.6) is 5.75 Å². The fraction of sp³-hybridized carbons (Fsp3) is 0.455. The second-order valence-electron chi connectivity index (χ2n) is 11.3. The lowest BCUT2D eigenvalue weighted by atomic mass is 9.85. The highest BCUT2D eigenvalue weighted by Crippen LogP contribution is 2.37. The topological polar surface area (TPSA) is 33.3 Å². The molecule has 0 saturated heterocycles. The van der Waals surface area contributed by atoms with Crippen LogP contribution >= 0.6 is 0 Å². The summed E-state index contributed by atoms with van der Waals surface area (Å²) in [6.45, 7) is 29.1. The molecule has 2 N–H and O–H groups in total. The zero-order valence-corrected chi connectivity index (χ0v) is 24.0. The van der Waals surface area contributed by atoms with Crippen molar-refractivity contribution in [2.75, 3.05) is 13.7 Å². The molecule has 2 rings (SSSR count). The number of ether oxygens (including phenoxy) is 1. The van der Waals surface area contributed by atoms with Crippen molar-refractivity contribution in [2.45, 2.75) is 73.8 Å². The molecule has 1 aliphatic rings. The third-order valence-electron chi connectivity index (χ3n) is 6.61. The van der Waals surface area contributed by atoms with Crippen molar-refractivity contribution in [3.8, 4) is 5.75 Å². The summed E-state index contributed by atoms with van der Waals surface area (Å²) >= 11 is 0. The molecule has 1 unspecified atom stereocenters. The first-order valence-corrected chi connectivity index (χ1v) is 13.2. The largest absolute Gasteiger partial charge is 0.496 e. The van der Waals surface area contributed by atoms with E-state index in [1.165, 1.54) is 5.56 Å². The van der Waals surface area contributed by atoms with Gasteiger partial charge in [0.15, 0.2) is 0 Å². The van der Waals surface area contributed by atoms with E-state index in [0.717, 1.165) is 70.7 Å². The van der Waals surface area contributed by atoms with E-state index in [1.54, 1.807) is 7.11 Å². The van der Waals surface area contributed by atoms with Gasteiger partial charge in [-0.3, -0.25) is 0 Å². The molecule has 3 nitrogen and oxygen atoms in total. The van der Waals surface area contributed by atoms with E-state index in [4.69, 9.17) is 4.74 Å². The molecule has 0 fully saturated rings. The Morgan fingerprint density at radius 2 is 1.94 bits per heavy atom. The molecule has 1 atom stereocenters. The minimum Gasteiger partial charge on any atom is -0.496 e. The van der Waals surface area contributed by atoms with Crippen molar-refractivity contribution in [1.82, 2.24) is 10.6 Å². The summed E-state index contributed by atoms with van der Waals surface area (Å²) in [5.41, 5.74) is 9.07. The van der Waals surface area contributed by atoms with E-state index >= 15 is 0 Å². The van der Waals surface area contributed by atoms with Gasteiger partial charge in [-0.1, -0.05) is 79.9 Å². The molecular formula is C33H48N2O. The Balaban J connectivity index is 2.59. The molecule has 1 aliphatic heterocycles. The molecule has 36 heavy (non-hydrogen) atoms. The smallest absolute Gasteiger partial charge is 0.127 e. The Bertz CT molecular complexity index is 1060. The van der Waals surface area contributed by atoms with E-state index in [2.05, 4.69) is 109 Å². The van der Waals surface area contributed by atoms with E-state index < -0.39 is 0 Å². The molecule has 0 spiro atoms. The highest BCUT2D eigenvalue weighted by Gasteiger charge is 2.26. The van der Waals surface area contributed by atoms with E-state index in [9.17, 15) is 0 Å². The first-order valence-electron chi connectivity index (χ1n) is 13.2. The molecule has 0 aromatic heterocycles. The van der Waals surface area contributed by atoms with E-state index in [1.807, 2.05) is 6.08 Å². The van der Waals surface area contributed by atoms with Gasteiger partial charge in [0.05, 0.1) is 7.11 Å². The monoisotopic (exact) mass is 488 g/mol. The van der Waals surface area contributed by atoms with E-state index in [0.29, 0.717) is 12.0 Å². The molecule has 0 aliphatic carbocycles. The van der Waals surface area contributed by atoms with Crippen molar-refractivity contribution in [3.05, 3.63) is 89.7 Å². The average Bonchev–Trinajstić information content (AvgIpc) is 2.80. The standard InChI is InChI=1S/C33H48N2O/c1-12-15-23(6)27(14-3)24(7)16-31-28-19-32(36-11)29(17-26(28)18-30(35-31)22(4)5)25(13-2)20-34-21-33(8,9)10/h13-14,16-17,19-20,22,30,34-35H,2,6-7,12,15,18,21H2,1,3-5,8-11H3/b25-20+,27-14-,31-16-. The fourth-order valence-corrected chi connectivity index (χ4v) is 4.54. The van der Waals surface area contributed by atoms with Gasteiger partial charge in [-0.15, -0.1) is 0 Å². The molecule has 1 aromatic rings. The van der Waals surface area contributed by atoms with Crippen LogP contribution in [0, 0.1) is 11.3 Å². The Labute approximate surface area is 220 Å². The highest BCUT2D eigenvalue weighted by atomic mass is 16.5. The van der Waals surface area contributed by atoms with Crippen LogP contribution in [0.15, 0.2) is 73.0 Å². The van der Waals surface area contributed by atoms with E-state index in [-0.39, 0.29) is 5.41 Å². The Morgan fingerprint density at radius 1 is 1.25 bits per heavy atom. The van der Waals surface area contributed by atoms with Crippen LogP contribution in [-0.2, 0) is 6.42 Å². The quantitative estimate of drug-likeness (QED) is 0.308. The predicted molar refractivity (Wildman–Crippen MR) is 159 cm³/mol. The molecule has 1 heterocycles. The van der Waals surface area contributed by atoms with Gasteiger partial charge in [-0.25, -0.2) is 0 Å². The van der Waals surface area contributed by atoms with Gasteiger partial charge in [-0.2, -0.15) is 0 Å². The number of hydrogen-bond acceptors (Lipinski definition) is 3. The summed E-state index contributed by atoms with van der Waals surface area (Å²) in [4.78, 5) is 0. The SMILES string of the molecule is C=C/C(=C\NCC(C)(C)C)c1cc2c(cc1OC)/C(=C/C(=C)/C(=C\C)C(=C)CCC)NC(C(C)C)C2. The molecular weight excluding hydrogens is 440 g/mol. The minimum atomic E-state index is 0.190. The van der Waals surface area contributed by atoms with Crippen molar-refractivity contribution in [2.24, 2.45) is 11.3 Å². The Hall–Kier alpha value is -2.94. The second kappa shape index (κ2) is 12.9. The number of rotatable bonds is 11. The van der Waals surface area contributed by atoms with Gasteiger partial charge in [0.2, 0.25) is 0 Å². The summed E-state index contributed by atoms with van der Waals surface area (Å²) in [5.74, 6) is 1.32. The zero-order valence-electron chi connectivity index (χ0n) is 24.0. The summed E-state index contributed by atoms with van der Waals surface area (Å²) < 4.78 is 5.89. The lowest BCUT2D eigenvalue weighted by Gasteiger charge is -2.33. The maximum atomic E-state index is 5.89. The lowest BCUT2D eigenvalue weighted by molar-refractivity contribution is 0.402. The molecule has 0 bridgehead atoms. The van der Waals surface area contributed by atoms with Crippen molar-refractivity contribution in [1.29, 1.82) is 0 Å². The molecule has 0 amide bonds. The summed E-state index contributed by atoms with van der Waals surface area (Å²) in [6, 6.07) is 4.77. The van der Waals surface area contributed by atoms with Crippen LogP contribution in [0.4, 0.5) is 0 Å². The van der Waals surface area contributed by atoms with Gasteiger partial charge < -0.3 is 15.4 Å². The van der Waals surface area contributed by atoms with Crippen LogP contribution in [0.25, 0.3) is 11.3 Å². The van der Waals surface area contributed by atoms with Crippen molar-refractivity contribution < 1.29 is 4.74 Å². The van der Waals surface area contributed by atoms with Crippen LogP contribution in [0.1, 0.15) is 78.0 Å². The molecule has 196 valence electrons. The Morgan fingerprint density at radius 3 is 2.47 bits per heavy atom. The fourth-order valence-electron chi connectivity index (χ4n) is 4.54. The normalized spacial score (nSPS) is 17.5. The van der Waals surface area contributed by atoms with Gasteiger partial charge in [0, 0.05) is 41.2 Å². The first kappa shape index (κ1) is 29.3. The maximum absolute atomic E-state index is 5.89. The average molecular weight is 489 g/mol. The number of allylic oxidation sites excluding steroid dienone is 7. The minimum absolute atomic E-state index is 0.190. The molecule has 0 radical (unpaired) electrons. The van der Waals surface area contributed by atoms with Gasteiger partial charge in [0.1, 0.15) is 5.75 Å². The van der Waals surface area contributed by atoms with Crippen LogP contribution < -0.4 is 15.4 Å². The van der Waals surface area contributed by atoms with Crippen molar-refractivity contribution in [3.63, 3.8) is 0 Å². The maximum Gasteiger partial charge on any atom is 0.127 e. The van der Waals surface area contributed by atoms with Crippen LogP contribution in [-0.4, -0.2) is 19.7 Å². The van der Waals surface area contributed by atoms with Crippen molar-refractivity contribution >= 4 is 11.3 Å². The zero-order chi connectivity index (χ0) is 27.0. The highest BCUT2D eigenvalue weighted by molar-refractivity contribution is 5.82. The van der Waals surface area contributed by atoms with Gasteiger partial charge >= 0.3 is 0 Å². The molecule has 1 aromatic carbocycles. The van der Waals surface area contributed by atoms with Gasteiger partial charge in [0.25, 0.3) is 0 Å². The number of benzene rings is 1. The van der Waals surface area contributed by atoms with Crippen LogP contribution in [0.2, 0.25) is 0 Å². The third kappa shape index (κ3) is 7.53. The first-order chi connectivity index (χ1) is 16.9. The summed E-state index contributed by atoms with van der Waals surface area (Å²) in [7, 11) is 1.73. The molecule has 3 heteroatoms. The Kier molecular flexibility index (Phi) is 10.5. The lowest BCUT2D eigenvalue weighted by Crippen LogP contribution is -2.38. The third-order valence-corrected chi connectivity index (χ3v) is 6.61. The van der Waals surface area contributed by atoms with Crippen LogP contribution in [0.3, 0.4) is 0 Å². The molecule has 0 saturated carbocycles. The summed E-state index contributed by atoms with van der Waals surface area (Å²) in [6.07, 6.45) is 11.2. The van der Waals surface area contributed by atoms with Gasteiger partial charge in [-0.05, 0) is 71.6 Å². The number of hydrogen-bond donors (Lipinski definition) is 2.